The van der Waals surface area contributed by atoms with E-state index in [9.17, 15) is 19.7 Å². The molecule has 1 saturated heterocycles. The highest BCUT2D eigenvalue weighted by Crippen LogP contribution is 2.35. The summed E-state index contributed by atoms with van der Waals surface area (Å²) in [6, 6.07) is 4.97. The van der Waals surface area contributed by atoms with Crippen molar-refractivity contribution in [2.75, 3.05) is 12.4 Å². The molecule has 0 radical (unpaired) electrons. The van der Waals surface area contributed by atoms with E-state index in [-0.39, 0.29) is 22.5 Å². The normalized spacial score (nSPS) is 19.3. The lowest BCUT2D eigenvalue weighted by Gasteiger charge is -2.29. The van der Waals surface area contributed by atoms with E-state index in [1.165, 1.54) is 18.2 Å². The molecule has 148 valence electrons. The molecule has 1 fully saturated rings. The van der Waals surface area contributed by atoms with Gasteiger partial charge in [0, 0.05) is 23.4 Å². The largest absolute Gasteiger partial charge is 0.464 e. The number of unbranched alkanes of at least 4 members (excludes halogenated alkanes) is 1. The summed E-state index contributed by atoms with van der Waals surface area (Å²) in [6.45, 7) is 6.47. The fourth-order valence-electron chi connectivity index (χ4n) is 2.92. The van der Waals surface area contributed by atoms with E-state index in [4.69, 9.17) is 4.74 Å². The molecule has 1 aliphatic rings. The first-order chi connectivity index (χ1) is 12.8. The Kier molecular flexibility index (Phi) is 7.65. The topological polar surface area (TPSA) is 89.8 Å². The fraction of sp³-hybridized carbons (Fsp3) is 0.579. The number of nitrogens with zero attached hydrogens (tertiary/aromatic N) is 2. The standard InChI is InChI=1S/C19H26N2O5S/c1-4-5-9-26-19(23)16-12-27-17(10-13(2)3)20(16)18(22)14-7-6-8-15(11-14)21(24)25/h6-8,11,13,16-17H,4-5,9-10,12H2,1-3H3/t16-,17-/m0/s1. The van der Waals surface area contributed by atoms with E-state index < -0.39 is 16.9 Å². The molecule has 0 bridgehead atoms. The highest BCUT2D eigenvalue weighted by Gasteiger charge is 2.43. The third-order valence-corrected chi connectivity index (χ3v) is 5.63. The van der Waals surface area contributed by atoms with Crippen molar-refractivity contribution in [3.8, 4) is 0 Å². The van der Waals surface area contributed by atoms with Crippen LogP contribution in [0.15, 0.2) is 24.3 Å². The number of nitro groups is 1. The molecular weight excluding hydrogens is 368 g/mol. The fourth-order valence-corrected chi connectivity index (χ4v) is 4.54. The molecule has 0 N–H and O–H groups in total. The highest BCUT2D eigenvalue weighted by molar-refractivity contribution is 8.00. The smallest absolute Gasteiger partial charge is 0.329 e. The number of amides is 1. The number of thioether (sulfide) groups is 1. The second kappa shape index (κ2) is 9.73. The lowest BCUT2D eigenvalue weighted by molar-refractivity contribution is -0.384. The molecule has 1 aromatic carbocycles. The quantitative estimate of drug-likeness (QED) is 0.288. The summed E-state index contributed by atoms with van der Waals surface area (Å²) < 4.78 is 5.34. The van der Waals surface area contributed by atoms with Gasteiger partial charge in [0.15, 0.2) is 0 Å². The molecule has 0 unspecified atom stereocenters. The number of non-ortho nitro benzene ring substituents is 1. The van der Waals surface area contributed by atoms with E-state index >= 15 is 0 Å². The Morgan fingerprint density at radius 2 is 2.15 bits per heavy atom. The summed E-state index contributed by atoms with van der Waals surface area (Å²) in [5.74, 6) is 0.0498. The summed E-state index contributed by atoms with van der Waals surface area (Å²) in [4.78, 5) is 37.7. The first kappa shape index (κ1) is 21.2. The van der Waals surface area contributed by atoms with Crippen LogP contribution >= 0.6 is 11.8 Å². The zero-order chi connectivity index (χ0) is 20.0. The van der Waals surface area contributed by atoms with Gasteiger partial charge in [-0.05, 0) is 24.8 Å². The minimum atomic E-state index is -0.664. The number of rotatable bonds is 8. The molecule has 7 nitrogen and oxygen atoms in total. The Morgan fingerprint density at radius 3 is 2.78 bits per heavy atom. The Balaban J connectivity index is 2.26. The average molecular weight is 394 g/mol. The van der Waals surface area contributed by atoms with Crippen LogP contribution in [-0.4, -0.2) is 45.5 Å². The van der Waals surface area contributed by atoms with E-state index in [2.05, 4.69) is 13.8 Å². The third kappa shape index (κ3) is 5.45. The van der Waals surface area contributed by atoms with Gasteiger partial charge in [0.25, 0.3) is 11.6 Å². The third-order valence-electron chi connectivity index (χ3n) is 4.32. The second-order valence-electron chi connectivity index (χ2n) is 6.97. The van der Waals surface area contributed by atoms with Gasteiger partial charge in [-0.1, -0.05) is 33.3 Å². The molecule has 8 heteroatoms. The number of hydrogen-bond donors (Lipinski definition) is 0. The van der Waals surface area contributed by atoms with Gasteiger partial charge < -0.3 is 9.64 Å². The molecule has 1 aromatic rings. The molecular formula is C19H26N2O5S. The van der Waals surface area contributed by atoms with E-state index in [1.54, 1.807) is 22.7 Å². The van der Waals surface area contributed by atoms with Crippen LogP contribution in [0.2, 0.25) is 0 Å². The van der Waals surface area contributed by atoms with Crippen LogP contribution < -0.4 is 0 Å². The maximum absolute atomic E-state index is 13.1. The van der Waals surface area contributed by atoms with Crippen LogP contribution in [0.1, 0.15) is 50.4 Å². The van der Waals surface area contributed by atoms with Gasteiger partial charge in [-0.15, -0.1) is 11.8 Å². The van der Waals surface area contributed by atoms with Crippen LogP contribution in [0.3, 0.4) is 0 Å². The molecule has 0 aliphatic carbocycles. The molecule has 0 saturated carbocycles. The van der Waals surface area contributed by atoms with Crippen molar-refractivity contribution in [1.29, 1.82) is 0 Å². The minimum Gasteiger partial charge on any atom is -0.464 e. The Bertz CT molecular complexity index is 694. The number of nitro benzene ring substituents is 1. The van der Waals surface area contributed by atoms with E-state index in [1.807, 2.05) is 6.92 Å². The van der Waals surface area contributed by atoms with Crippen LogP contribution in [0.5, 0.6) is 0 Å². The van der Waals surface area contributed by atoms with Crippen molar-refractivity contribution in [3.05, 3.63) is 39.9 Å². The Morgan fingerprint density at radius 1 is 1.41 bits per heavy atom. The summed E-state index contributed by atoms with van der Waals surface area (Å²) in [6.07, 6.45) is 2.43. The second-order valence-corrected chi connectivity index (χ2v) is 8.19. The summed E-state index contributed by atoms with van der Waals surface area (Å²) in [7, 11) is 0. The predicted molar refractivity (Wildman–Crippen MR) is 105 cm³/mol. The van der Waals surface area contributed by atoms with E-state index in [0.717, 1.165) is 19.3 Å². The number of carbonyl (C=O) groups is 2. The lowest BCUT2D eigenvalue weighted by Crippen LogP contribution is -2.46. The highest BCUT2D eigenvalue weighted by atomic mass is 32.2. The molecule has 1 aliphatic heterocycles. The first-order valence-corrected chi connectivity index (χ1v) is 10.2. The summed E-state index contributed by atoms with van der Waals surface area (Å²) in [5, 5.41) is 10.9. The number of hydrogen-bond acceptors (Lipinski definition) is 6. The minimum absolute atomic E-state index is 0.143. The van der Waals surface area contributed by atoms with Crippen LogP contribution in [0, 0.1) is 16.0 Å². The van der Waals surface area contributed by atoms with Gasteiger partial charge >= 0.3 is 5.97 Å². The summed E-state index contributed by atoms with van der Waals surface area (Å²) in [5.41, 5.74) is 0.0713. The molecule has 2 atom stereocenters. The number of esters is 1. The van der Waals surface area contributed by atoms with Crippen LogP contribution in [0.4, 0.5) is 5.69 Å². The van der Waals surface area contributed by atoms with E-state index in [0.29, 0.717) is 18.3 Å². The maximum atomic E-state index is 13.1. The van der Waals surface area contributed by atoms with Gasteiger partial charge in [-0.2, -0.15) is 0 Å². The zero-order valence-electron chi connectivity index (χ0n) is 15.9. The molecule has 2 rings (SSSR count). The Hall–Kier alpha value is -2.09. The van der Waals surface area contributed by atoms with Crippen molar-refractivity contribution in [3.63, 3.8) is 0 Å². The molecule has 1 heterocycles. The number of ether oxygens (including phenoxy) is 1. The van der Waals surface area contributed by atoms with Gasteiger partial charge in [0.2, 0.25) is 0 Å². The predicted octanol–water partition coefficient (Wildman–Crippen LogP) is 3.87. The van der Waals surface area contributed by atoms with Gasteiger partial charge in [-0.25, -0.2) is 4.79 Å². The van der Waals surface area contributed by atoms with Crippen molar-refractivity contribution < 1.29 is 19.2 Å². The maximum Gasteiger partial charge on any atom is 0.329 e. The molecule has 27 heavy (non-hydrogen) atoms. The molecule has 0 aromatic heterocycles. The van der Waals surface area contributed by atoms with Gasteiger partial charge in [-0.3, -0.25) is 14.9 Å². The first-order valence-electron chi connectivity index (χ1n) is 9.20. The SMILES string of the molecule is CCCCOC(=O)[C@@H]1CS[C@@H](CC(C)C)N1C(=O)c1cccc([N+](=O)[O-])c1. The van der Waals surface area contributed by atoms with Crippen molar-refractivity contribution in [1.82, 2.24) is 4.90 Å². The van der Waals surface area contributed by atoms with Crippen molar-refractivity contribution in [2.24, 2.45) is 5.92 Å². The number of carbonyl (C=O) groups excluding carboxylic acids is 2. The van der Waals surface area contributed by atoms with Gasteiger partial charge in [0.1, 0.15) is 6.04 Å². The van der Waals surface area contributed by atoms with Gasteiger partial charge in [0.05, 0.1) is 16.9 Å². The van der Waals surface area contributed by atoms with Crippen LogP contribution in [-0.2, 0) is 9.53 Å². The summed E-state index contributed by atoms with van der Waals surface area (Å²) >= 11 is 1.56. The molecule has 1 amide bonds. The van der Waals surface area contributed by atoms with Crippen molar-refractivity contribution in [2.45, 2.75) is 51.4 Å². The van der Waals surface area contributed by atoms with Crippen LogP contribution in [0.25, 0.3) is 0 Å². The Labute approximate surface area is 163 Å². The van der Waals surface area contributed by atoms with Crippen molar-refractivity contribution >= 4 is 29.3 Å². The molecule has 0 spiro atoms. The number of benzene rings is 1. The average Bonchev–Trinajstić information content (AvgIpc) is 3.04. The zero-order valence-corrected chi connectivity index (χ0v) is 16.7. The lowest BCUT2D eigenvalue weighted by atomic mass is 10.1. The monoisotopic (exact) mass is 394 g/mol.